The Bertz CT molecular complexity index is 451. The molecule has 6 heteroatoms. The van der Waals surface area contributed by atoms with Gasteiger partial charge in [-0.05, 0) is 47.5 Å². The predicted molar refractivity (Wildman–Crippen MR) is 84.4 cm³/mol. The molecule has 21 heavy (non-hydrogen) atoms. The van der Waals surface area contributed by atoms with Crippen molar-refractivity contribution >= 4 is 21.9 Å². The fourth-order valence-corrected chi connectivity index (χ4v) is 2.15. The number of benzene rings is 1. The van der Waals surface area contributed by atoms with Crippen molar-refractivity contribution in [2.75, 3.05) is 26.9 Å². The minimum Gasteiger partial charge on any atom is -0.481 e. The molecular formula is C15H22BrNO4. The van der Waals surface area contributed by atoms with Gasteiger partial charge in [-0.1, -0.05) is 6.07 Å². The van der Waals surface area contributed by atoms with Crippen LogP contribution in [0.1, 0.15) is 19.4 Å². The second-order valence-electron chi connectivity index (χ2n) is 4.76. The van der Waals surface area contributed by atoms with Crippen LogP contribution in [0.2, 0.25) is 0 Å². The molecule has 0 saturated heterocycles. The smallest absolute Gasteiger partial charge is 0.344 e. The molecule has 0 fully saturated rings. The van der Waals surface area contributed by atoms with E-state index in [0.29, 0.717) is 12.4 Å². The van der Waals surface area contributed by atoms with Crippen LogP contribution in [0.3, 0.4) is 0 Å². The van der Waals surface area contributed by atoms with E-state index < -0.39 is 0 Å². The average Bonchev–Trinajstić information content (AvgIpc) is 2.42. The third-order valence-electron chi connectivity index (χ3n) is 2.52. The van der Waals surface area contributed by atoms with Gasteiger partial charge < -0.3 is 19.5 Å². The zero-order chi connectivity index (χ0) is 15.7. The van der Waals surface area contributed by atoms with E-state index in [1.807, 2.05) is 18.2 Å². The molecule has 0 unspecified atom stereocenters. The summed E-state index contributed by atoms with van der Waals surface area (Å²) < 4.78 is 16.2. The molecule has 0 bridgehead atoms. The van der Waals surface area contributed by atoms with E-state index in [0.717, 1.165) is 23.1 Å². The molecule has 0 aromatic heterocycles. The van der Waals surface area contributed by atoms with E-state index in [1.165, 1.54) is 0 Å². The number of ether oxygens (including phenoxy) is 3. The van der Waals surface area contributed by atoms with Gasteiger partial charge in [0.1, 0.15) is 5.75 Å². The second kappa shape index (κ2) is 9.76. The molecule has 0 atom stereocenters. The fraction of sp³-hybridized carbons (Fsp3) is 0.533. The summed E-state index contributed by atoms with van der Waals surface area (Å²) >= 11 is 3.44. The Kier molecular flexibility index (Phi) is 8.34. The first-order chi connectivity index (χ1) is 10.0. The van der Waals surface area contributed by atoms with Gasteiger partial charge in [0.25, 0.3) is 0 Å². The van der Waals surface area contributed by atoms with Gasteiger partial charge in [0, 0.05) is 20.2 Å². The lowest BCUT2D eigenvalue weighted by molar-refractivity contribution is -0.149. The quantitative estimate of drug-likeness (QED) is 0.542. The lowest BCUT2D eigenvalue weighted by Crippen LogP contribution is -2.19. The molecular weight excluding hydrogens is 338 g/mol. The minimum absolute atomic E-state index is 0.0950. The van der Waals surface area contributed by atoms with Crippen molar-refractivity contribution in [3.63, 3.8) is 0 Å². The number of halogens is 1. The molecule has 0 radical (unpaired) electrons. The fourth-order valence-electron chi connectivity index (χ4n) is 1.61. The second-order valence-corrected chi connectivity index (χ2v) is 5.62. The van der Waals surface area contributed by atoms with Crippen LogP contribution in [0.15, 0.2) is 22.7 Å². The van der Waals surface area contributed by atoms with E-state index in [1.54, 1.807) is 21.0 Å². The first-order valence-corrected chi connectivity index (χ1v) is 7.62. The van der Waals surface area contributed by atoms with Crippen molar-refractivity contribution in [1.29, 1.82) is 0 Å². The van der Waals surface area contributed by atoms with Gasteiger partial charge in [-0.2, -0.15) is 0 Å². The lowest BCUT2D eigenvalue weighted by atomic mass is 10.2. The highest BCUT2D eigenvalue weighted by atomic mass is 79.9. The number of hydrogen-bond acceptors (Lipinski definition) is 5. The van der Waals surface area contributed by atoms with Gasteiger partial charge in [0.15, 0.2) is 6.61 Å². The van der Waals surface area contributed by atoms with Crippen LogP contribution in [0.25, 0.3) is 0 Å². The van der Waals surface area contributed by atoms with Crippen molar-refractivity contribution in [2.24, 2.45) is 0 Å². The van der Waals surface area contributed by atoms with Gasteiger partial charge >= 0.3 is 5.97 Å². The molecule has 1 aromatic rings. The maximum atomic E-state index is 11.4. The minimum atomic E-state index is -0.373. The first kappa shape index (κ1) is 17.9. The molecule has 0 saturated carbocycles. The molecule has 0 spiro atoms. The molecule has 1 aromatic carbocycles. The average molecular weight is 360 g/mol. The largest absolute Gasteiger partial charge is 0.481 e. The SMILES string of the molecule is COCCNCc1ccc(OCC(=O)OC(C)C)c(Br)c1. The standard InChI is InChI=1S/C15H22BrNO4/c1-11(2)21-15(18)10-20-14-5-4-12(8-13(14)16)9-17-6-7-19-3/h4-5,8,11,17H,6-7,9-10H2,1-3H3. The van der Waals surface area contributed by atoms with Gasteiger partial charge in [0.05, 0.1) is 17.2 Å². The van der Waals surface area contributed by atoms with Crippen LogP contribution >= 0.6 is 15.9 Å². The number of rotatable bonds is 9. The number of hydrogen-bond donors (Lipinski definition) is 1. The first-order valence-electron chi connectivity index (χ1n) is 6.83. The summed E-state index contributed by atoms with van der Waals surface area (Å²) in [7, 11) is 1.68. The molecule has 0 aliphatic rings. The topological polar surface area (TPSA) is 56.8 Å². The molecule has 0 aliphatic carbocycles. The van der Waals surface area contributed by atoms with Gasteiger partial charge in [-0.25, -0.2) is 4.79 Å². The van der Waals surface area contributed by atoms with Crippen molar-refractivity contribution in [3.8, 4) is 5.75 Å². The highest BCUT2D eigenvalue weighted by Crippen LogP contribution is 2.26. The molecule has 118 valence electrons. The van der Waals surface area contributed by atoms with Crippen LogP contribution < -0.4 is 10.1 Å². The summed E-state index contributed by atoms with van der Waals surface area (Å²) in [6.45, 7) is 5.74. The summed E-state index contributed by atoms with van der Waals surface area (Å²) in [6, 6.07) is 5.75. The van der Waals surface area contributed by atoms with E-state index in [2.05, 4.69) is 21.2 Å². The molecule has 0 heterocycles. The summed E-state index contributed by atoms with van der Waals surface area (Å²) in [5, 5.41) is 3.26. The molecule has 0 aliphatic heterocycles. The maximum absolute atomic E-state index is 11.4. The molecule has 1 rings (SSSR count). The van der Waals surface area contributed by atoms with Crippen molar-refractivity contribution < 1.29 is 19.0 Å². The number of esters is 1. The monoisotopic (exact) mass is 359 g/mol. The van der Waals surface area contributed by atoms with E-state index in [-0.39, 0.29) is 18.7 Å². The number of carbonyl (C=O) groups excluding carboxylic acids is 1. The lowest BCUT2D eigenvalue weighted by Gasteiger charge is -2.11. The van der Waals surface area contributed by atoms with Crippen LogP contribution in [0.4, 0.5) is 0 Å². The zero-order valence-electron chi connectivity index (χ0n) is 12.6. The Morgan fingerprint density at radius 3 is 2.76 bits per heavy atom. The number of methoxy groups -OCH3 is 1. The highest BCUT2D eigenvalue weighted by Gasteiger charge is 2.09. The van der Waals surface area contributed by atoms with E-state index in [9.17, 15) is 4.79 Å². The third-order valence-corrected chi connectivity index (χ3v) is 3.14. The summed E-state index contributed by atoms with van der Waals surface area (Å²) in [4.78, 5) is 11.4. The summed E-state index contributed by atoms with van der Waals surface area (Å²) in [5.41, 5.74) is 1.12. The van der Waals surface area contributed by atoms with Gasteiger partial charge in [-0.3, -0.25) is 0 Å². The Morgan fingerprint density at radius 2 is 2.14 bits per heavy atom. The zero-order valence-corrected chi connectivity index (χ0v) is 14.2. The van der Waals surface area contributed by atoms with E-state index in [4.69, 9.17) is 14.2 Å². The van der Waals surface area contributed by atoms with Gasteiger partial charge in [0.2, 0.25) is 0 Å². The Balaban J connectivity index is 2.44. The molecule has 0 amide bonds. The van der Waals surface area contributed by atoms with Gasteiger partial charge in [-0.15, -0.1) is 0 Å². The van der Waals surface area contributed by atoms with E-state index >= 15 is 0 Å². The number of carbonyl (C=O) groups is 1. The Morgan fingerprint density at radius 1 is 1.38 bits per heavy atom. The molecule has 5 nitrogen and oxygen atoms in total. The summed E-state index contributed by atoms with van der Waals surface area (Å²) in [5.74, 6) is 0.249. The Hall–Kier alpha value is -1.11. The van der Waals surface area contributed by atoms with Crippen LogP contribution in [0, 0.1) is 0 Å². The molecule has 1 N–H and O–H groups in total. The third kappa shape index (κ3) is 7.45. The van der Waals surface area contributed by atoms with Crippen LogP contribution in [-0.2, 0) is 20.8 Å². The maximum Gasteiger partial charge on any atom is 0.344 e. The van der Waals surface area contributed by atoms with Crippen LogP contribution in [0.5, 0.6) is 5.75 Å². The van der Waals surface area contributed by atoms with Crippen molar-refractivity contribution in [3.05, 3.63) is 28.2 Å². The summed E-state index contributed by atoms with van der Waals surface area (Å²) in [6.07, 6.45) is -0.134. The predicted octanol–water partition coefficient (Wildman–Crippen LogP) is 2.52. The highest BCUT2D eigenvalue weighted by molar-refractivity contribution is 9.10. The Labute approximate surface area is 134 Å². The van der Waals surface area contributed by atoms with Crippen molar-refractivity contribution in [2.45, 2.75) is 26.5 Å². The number of nitrogens with one attached hydrogen (secondary N) is 1. The van der Waals surface area contributed by atoms with Crippen LogP contribution in [-0.4, -0.2) is 38.9 Å². The normalized spacial score (nSPS) is 10.7. The van der Waals surface area contributed by atoms with Crippen molar-refractivity contribution in [1.82, 2.24) is 5.32 Å².